The highest BCUT2D eigenvalue weighted by molar-refractivity contribution is 6.05. The van der Waals surface area contributed by atoms with Crippen molar-refractivity contribution in [1.82, 2.24) is 23.9 Å². The van der Waals surface area contributed by atoms with Crippen LogP contribution in [0.2, 0.25) is 0 Å². The quantitative estimate of drug-likeness (QED) is 0.592. The number of carbonyl (C=O) groups excluding carboxylic acids is 1. The number of aryl methyl sites for hydroxylation is 2. The first kappa shape index (κ1) is 23.7. The molecule has 1 aliphatic heterocycles. The van der Waals surface area contributed by atoms with E-state index in [1.807, 2.05) is 18.2 Å². The lowest BCUT2D eigenvalue weighted by Crippen LogP contribution is -2.46. The topological polar surface area (TPSA) is 98.3 Å². The number of rotatable bonds is 6. The van der Waals surface area contributed by atoms with E-state index < -0.39 is 22.7 Å². The molecule has 0 spiro atoms. The first-order valence-electron chi connectivity index (χ1n) is 11.8. The summed E-state index contributed by atoms with van der Waals surface area (Å²) in [5, 5.41) is 3.13. The Labute approximate surface area is 197 Å². The Morgan fingerprint density at radius 2 is 1.65 bits per heavy atom. The Morgan fingerprint density at radius 1 is 1.00 bits per heavy atom. The molecule has 1 aromatic carbocycles. The summed E-state index contributed by atoms with van der Waals surface area (Å²) in [5.41, 5.74) is -0.0143. The molecule has 0 aliphatic carbocycles. The van der Waals surface area contributed by atoms with Gasteiger partial charge in [-0.1, -0.05) is 30.3 Å². The third-order valence-electron chi connectivity index (χ3n) is 6.63. The fraction of sp³-hybridized carbons (Fsp3) is 0.440. The van der Waals surface area contributed by atoms with Crippen LogP contribution in [0.1, 0.15) is 42.6 Å². The van der Waals surface area contributed by atoms with Gasteiger partial charge < -0.3 is 5.32 Å². The maximum absolute atomic E-state index is 13.3. The molecule has 180 valence electrons. The molecule has 34 heavy (non-hydrogen) atoms. The highest BCUT2D eigenvalue weighted by Crippen LogP contribution is 2.16. The largest absolute Gasteiger partial charge is 0.349 e. The molecule has 0 unspecified atom stereocenters. The number of likely N-dealkylation sites (tertiary alicyclic amines) is 1. The smallest absolute Gasteiger partial charge is 0.332 e. The van der Waals surface area contributed by atoms with Crippen LogP contribution in [-0.4, -0.2) is 43.6 Å². The lowest BCUT2D eigenvalue weighted by molar-refractivity contribution is 0.0910. The predicted octanol–water partition coefficient (Wildman–Crippen LogP) is 1.30. The van der Waals surface area contributed by atoms with Gasteiger partial charge in [-0.05, 0) is 32.3 Å². The zero-order valence-electron chi connectivity index (χ0n) is 19.9. The van der Waals surface area contributed by atoms with Crippen molar-refractivity contribution in [3.63, 3.8) is 0 Å². The van der Waals surface area contributed by atoms with Crippen LogP contribution in [0.4, 0.5) is 0 Å². The van der Waals surface area contributed by atoms with Crippen molar-refractivity contribution < 1.29 is 4.79 Å². The second kappa shape index (κ2) is 9.80. The van der Waals surface area contributed by atoms with Crippen LogP contribution in [0, 0.1) is 0 Å². The molecule has 1 saturated heterocycles. The Morgan fingerprint density at radius 3 is 2.26 bits per heavy atom. The monoisotopic (exact) mass is 465 g/mol. The molecule has 9 nitrogen and oxygen atoms in total. The van der Waals surface area contributed by atoms with E-state index in [0.717, 1.165) is 37.0 Å². The summed E-state index contributed by atoms with van der Waals surface area (Å²) in [4.78, 5) is 54.3. The van der Waals surface area contributed by atoms with Crippen LogP contribution in [0.15, 0.2) is 50.8 Å². The van der Waals surface area contributed by atoms with E-state index in [2.05, 4.69) is 22.3 Å². The van der Waals surface area contributed by atoms with E-state index in [1.165, 1.54) is 27.8 Å². The Hall–Kier alpha value is -3.46. The number of piperidine rings is 1. The van der Waals surface area contributed by atoms with E-state index in [0.29, 0.717) is 0 Å². The molecule has 1 amide bonds. The standard InChI is InChI=1S/C25H31N5O4/c1-4-29-20(31)15-19(21-23(29)27(3)25(34)30(5-2)24(21)33)22(32)26-18-11-13-28(14-12-18)16-17-9-7-6-8-10-17/h6-10,15,18H,4-5,11-14,16H2,1-3H3,(H,26,32). The highest BCUT2D eigenvalue weighted by atomic mass is 16.2. The second-order valence-corrected chi connectivity index (χ2v) is 8.74. The van der Waals surface area contributed by atoms with Crippen molar-refractivity contribution >= 4 is 16.9 Å². The third-order valence-corrected chi connectivity index (χ3v) is 6.63. The summed E-state index contributed by atoms with van der Waals surface area (Å²) in [5.74, 6) is -0.453. The fourth-order valence-electron chi connectivity index (χ4n) is 4.79. The number of benzene rings is 1. The number of aromatic nitrogens is 3. The SMILES string of the molecule is CCn1c(=O)c2c(C(=O)NC3CCN(Cc4ccccc4)CC3)cc(=O)n(CC)c2n(C)c1=O. The zero-order chi connectivity index (χ0) is 24.4. The number of carbonyl (C=O) groups is 1. The van der Waals surface area contributed by atoms with Gasteiger partial charge in [-0.15, -0.1) is 0 Å². The lowest BCUT2D eigenvalue weighted by Gasteiger charge is -2.32. The van der Waals surface area contributed by atoms with Crippen molar-refractivity contribution in [2.45, 2.75) is 52.4 Å². The zero-order valence-corrected chi connectivity index (χ0v) is 19.9. The number of hydrogen-bond acceptors (Lipinski definition) is 5. The van der Waals surface area contributed by atoms with Gasteiger partial charge in [-0.25, -0.2) is 4.79 Å². The van der Waals surface area contributed by atoms with Crippen molar-refractivity contribution in [1.29, 1.82) is 0 Å². The number of amides is 1. The third kappa shape index (κ3) is 4.35. The van der Waals surface area contributed by atoms with Crippen molar-refractivity contribution in [3.8, 4) is 0 Å². The van der Waals surface area contributed by atoms with E-state index >= 15 is 0 Å². The van der Waals surface area contributed by atoms with Gasteiger partial charge in [0.15, 0.2) is 0 Å². The molecular weight excluding hydrogens is 434 g/mol. The van der Waals surface area contributed by atoms with Crippen LogP contribution in [0.3, 0.4) is 0 Å². The second-order valence-electron chi connectivity index (χ2n) is 8.74. The molecule has 0 atom stereocenters. The average Bonchev–Trinajstić information content (AvgIpc) is 2.84. The van der Waals surface area contributed by atoms with Gasteiger partial charge in [0.2, 0.25) is 0 Å². The summed E-state index contributed by atoms with van der Waals surface area (Å²) < 4.78 is 3.73. The van der Waals surface area contributed by atoms with Crippen LogP contribution in [0.5, 0.6) is 0 Å². The van der Waals surface area contributed by atoms with Gasteiger partial charge in [-0.2, -0.15) is 0 Å². The van der Waals surface area contributed by atoms with Crippen molar-refractivity contribution in [2.24, 2.45) is 7.05 Å². The molecule has 1 aliphatic rings. The Balaban J connectivity index is 1.61. The van der Waals surface area contributed by atoms with E-state index in [9.17, 15) is 19.2 Å². The highest BCUT2D eigenvalue weighted by Gasteiger charge is 2.25. The van der Waals surface area contributed by atoms with Gasteiger partial charge in [0.05, 0.1) is 10.9 Å². The normalized spacial score (nSPS) is 15.0. The van der Waals surface area contributed by atoms with Crippen LogP contribution in [-0.2, 0) is 26.7 Å². The van der Waals surface area contributed by atoms with Gasteiger partial charge in [0.25, 0.3) is 17.0 Å². The van der Waals surface area contributed by atoms with E-state index in [1.54, 1.807) is 13.8 Å². The lowest BCUT2D eigenvalue weighted by atomic mass is 10.0. The summed E-state index contributed by atoms with van der Waals surface area (Å²) in [7, 11) is 1.52. The predicted molar refractivity (Wildman–Crippen MR) is 131 cm³/mol. The minimum Gasteiger partial charge on any atom is -0.349 e. The molecule has 1 fully saturated rings. The fourth-order valence-corrected chi connectivity index (χ4v) is 4.79. The maximum atomic E-state index is 13.3. The van der Waals surface area contributed by atoms with Crippen LogP contribution < -0.4 is 22.1 Å². The van der Waals surface area contributed by atoms with Gasteiger partial charge in [0, 0.05) is 51.9 Å². The van der Waals surface area contributed by atoms with E-state index in [-0.39, 0.29) is 35.7 Å². The van der Waals surface area contributed by atoms with Crippen LogP contribution in [0.25, 0.3) is 11.0 Å². The molecule has 0 bridgehead atoms. The van der Waals surface area contributed by atoms with Gasteiger partial charge in [-0.3, -0.25) is 33.0 Å². The summed E-state index contributed by atoms with van der Waals surface area (Å²) in [6, 6.07) is 11.4. The number of hydrogen-bond donors (Lipinski definition) is 1. The number of fused-ring (bicyclic) bond motifs is 1. The summed E-state index contributed by atoms with van der Waals surface area (Å²) in [6.45, 7) is 6.47. The maximum Gasteiger partial charge on any atom is 0.332 e. The summed E-state index contributed by atoms with van der Waals surface area (Å²) >= 11 is 0. The number of pyridine rings is 1. The first-order valence-corrected chi connectivity index (χ1v) is 11.8. The molecule has 2 aromatic heterocycles. The molecule has 3 heterocycles. The minimum atomic E-state index is -0.550. The average molecular weight is 466 g/mol. The van der Waals surface area contributed by atoms with Crippen molar-refractivity contribution in [2.75, 3.05) is 13.1 Å². The molecule has 3 aromatic rings. The van der Waals surface area contributed by atoms with E-state index in [4.69, 9.17) is 0 Å². The molecule has 1 N–H and O–H groups in total. The number of nitrogens with one attached hydrogen (secondary N) is 1. The molecular formula is C25H31N5O4. The van der Waals surface area contributed by atoms with Gasteiger partial charge >= 0.3 is 5.69 Å². The molecule has 9 heteroatoms. The Kier molecular flexibility index (Phi) is 6.83. The summed E-state index contributed by atoms with van der Waals surface area (Å²) in [6.07, 6.45) is 1.56. The molecule has 0 radical (unpaired) electrons. The molecule has 4 rings (SSSR count). The van der Waals surface area contributed by atoms with Gasteiger partial charge in [0.1, 0.15) is 5.65 Å². The Bertz CT molecular complexity index is 1380. The minimum absolute atomic E-state index is 0.0271. The van der Waals surface area contributed by atoms with Crippen molar-refractivity contribution in [3.05, 3.63) is 78.7 Å². The van der Waals surface area contributed by atoms with Crippen LogP contribution >= 0.6 is 0 Å². The first-order chi connectivity index (χ1) is 16.3. The number of nitrogens with zero attached hydrogens (tertiary/aromatic N) is 4. The molecule has 0 saturated carbocycles.